The van der Waals surface area contributed by atoms with Crippen molar-refractivity contribution in [2.24, 2.45) is 0 Å². The van der Waals surface area contributed by atoms with Crippen molar-refractivity contribution >= 4 is 7.82 Å². The van der Waals surface area contributed by atoms with Crippen molar-refractivity contribution in [3.8, 4) is 0 Å². The standard InChI is InChI=1S/C20H43NO.H3O4P/c1-4-5-6-7-8-9-10-11-12-13-14-15-16-17-18-21-20(2,3)19-22;1-5(2,3)4/h21-22H,4-19H2,1-3H3;(H3,1,2,3,4). The van der Waals surface area contributed by atoms with Gasteiger partial charge in [0.25, 0.3) is 0 Å². The summed E-state index contributed by atoms with van der Waals surface area (Å²) in [6, 6.07) is 0. The van der Waals surface area contributed by atoms with Gasteiger partial charge in [0.05, 0.1) is 6.61 Å². The molecule has 0 unspecified atom stereocenters. The lowest BCUT2D eigenvalue weighted by Gasteiger charge is -2.23. The van der Waals surface area contributed by atoms with Crippen molar-refractivity contribution in [3.63, 3.8) is 0 Å². The summed E-state index contributed by atoms with van der Waals surface area (Å²) < 4.78 is 8.88. The molecule has 7 heteroatoms. The van der Waals surface area contributed by atoms with Crippen LogP contribution in [0.3, 0.4) is 0 Å². The molecule has 0 atom stereocenters. The summed E-state index contributed by atoms with van der Waals surface area (Å²) in [5.41, 5.74) is -0.115. The number of aliphatic hydroxyl groups is 1. The SMILES string of the molecule is CCCCCCCCCCCCCCCCNC(C)(C)CO.O=P(O)(O)O. The molecule has 0 aliphatic carbocycles. The molecule has 0 radical (unpaired) electrons. The van der Waals surface area contributed by atoms with Crippen molar-refractivity contribution in [1.29, 1.82) is 0 Å². The summed E-state index contributed by atoms with van der Waals surface area (Å²) in [6.07, 6.45) is 19.7. The number of aliphatic hydroxyl groups excluding tert-OH is 1. The Balaban J connectivity index is 0. The van der Waals surface area contributed by atoms with Crippen LogP contribution < -0.4 is 5.32 Å². The quantitative estimate of drug-likeness (QED) is 0.172. The molecule has 0 heterocycles. The predicted molar refractivity (Wildman–Crippen MR) is 114 cm³/mol. The van der Waals surface area contributed by atoms with Crippen molar-refractivity contribution in [3.05, 3.63) is 0 Å². The van der Waals surface area contributed by atoms with Gasteiger partial charge in [0.15, 0.2) is 0 Å². The fourth-order valence-electron chi connectivity index (χ4n) is 2.80. The Morgan fingerprint density at radius 2 is 1.00 bits per heavy atom. The largest absolute Gasteiger partial charge is 0.466 e. The van der Waals surface area contributed by atoms with Gasteiger partial charge in [-0.3, -0.25) is 0 Å². The number of nitrogens with one attached hydrogen (secondary N) is 1. The van der Waals surface area contributed by atoms with Crippen molar-refractivity contribution < 1.29 is 24.4 Å². The van der Waals surface area contributed by atoms with E-state index in [0.717, 1.165) is 6.54 Å². The first kappa shape index (κ1) is 29.2. The number of phosphoric acid groups is 1. The molecule has 27 heavy (non-hydrogen) atoms. The summed E-state index contributed by atoms with van der Waals surface area (Å²) in [5, 5.41) is 12.5. The van der Waals surface area contributed by atoms with Crippen molar-refractivity contribution in [2.75, 3.05) is 13.2 Å². The zero-order chi connectivity index (χ0) is 21.0. The molecule has 0 saturated carbocycles. The van der Waals surface area contributed by atoms with Gasteiger partial charge in [-0.1, -0.05) is 90.4 Å². The second kappa shape index (κ2) is 19.4. The van der Waals surface area contributed by atoms with Crippen LogP contribution in [0.25, 0.3) is 0 Å². The highest BCUT2D eigenvalue weighted by molar-refractivity contribution is 7.45. The van der Waals surface area contributed by atoms with Crippen LogP contribution in [0.4, 0.5) is 0 Å². The Hall–Kier alpha value is 0.0300. The van der Waals surface area contributed by atoms with Gasteiger partial charge in [-0.25, -0.2) is 4.57 Å². The fourth-order valence-corrected chi connectivity index (χ4v) is 2.80. The molecule has 0 aliphatic rings. The fraction of sp³-hybridized carbons (Fsp3) is 1.00. The van der Waals surface area contributed by atoms with E-state index < -0.39 is 7.82 Å². The van der Waals surface area contributed by atoms with E-state index in [0.29, 0.717) is 0 Å². The summed E-state index contributed by atoms with van der Waals surface area (Å²) in [7, 11) is -4.64. The summed E-state index contributed by atoms with van der Waals surface area (Å²) in [6.45, 7) is 7.64. The Labute approximate surface area is 167 Å². The van der Waals surface area contributed by atoms with Gasteiger partial charge in [0, 0.05) is 5.54 Å². The minimum Gasteiger partial charge on any atom is -0.394 e. The molecule has 0 bridgehead atoms. The number of hydrogen-bond donors (Lipinski definition) is 5. The zero-order valence-electron chi connectivity index (χ0n) is 18.0. The zero-order valence-corrected chi connectivity index (χ0v) is 18.9. The molecule has 0 saturated heterocycles. The first-order valence-electron chi connectivity index (χ1n) is 10.8. The van der Waals surface area contributed by atoms with E-state index in [1.54, 1.807) is 0 Å². The normalized spacial score (nSPS) is 12.0. The third-order valence-electron chi connectivity index (χ3n) is 4.53. The van der Waals surface area contributed by atoms with Crippen molar-refractivity contribution in [1.82, 2.24) is 5.32 Å². The molecule has 0 aromatic heterocycles. The minimum atomic E-state index is -4.64. The molecule has 0 rings (SSSR count). The summed E-state index contributed by atoms with van der Waals surface area (Å²) in [4.78, 5) is 21.6. The lowest BCUT2D eigenvalue weighted by atomic mass is 10.0. The lowest BCUT2D eigenvalue weighted by molar-refractivity contribution is 0.188. The topological polar surface area (TPSA) is 110 Å². The van der Waals surface area contributed by atoms with E-state index in [-0.39, 0.29) is 12.1 Å². The number of hydrogen-bond acceptors (Lipinski definition) is 3. The lowest BCUT2D eigenvalue weighted by Crippen LogP contribution is -2.43. The molecule has 166 valence electrons. The molecular formula is C20H46NO5P. The van der Waals surface area contributed by atoms with Crippen molar-refractivity contribution in [2.45, 2.75) is 116 Å². The Morgan fingerprint density at radius 3 is 1.30 bits per heavy atom. The Morgan fingerprint density at radius 1 is 0.704 bits per heavy atom. The Kier molecular flexibility index (Phi) is 21.0. The van der Waals surface area contributed by atoms with Gasteiger partial charge in [0.2, 0.25) is 0 Å². The molecule has 0 amide bonds. The first-order chi connectivity index (χ1) is 12.6. The predicted octanol–water partition coefficient (Wildman–Crippen LogP) is 4.90. The van der Waals surface area contributed by atoms with E-state index in [9.17, 15) is 0 Å². The average Bonchev–Trinajstić information content (AvgIpc) is 2.57. The Bertz CT molecular complexity index is 339. The van der Waals surface area contributed by atoms with Gasteiger partial charge >= 0.3 is 7.82 Å². The third-order valence-corrected chi connectivity index (χ3v) is 4.53. The van der Waals surface area contributed by atoms with Crippen LogP contribution in [0.1, 0.15) is 111 Å². The van der Waals surface area contributed by atoms with Crippen LogP contribution in [0.5, 0.6) is 0 Å². The highest BCUT2D eigenvalue weighted by Gasteiger charge is 2.13. The van der Waals surface area contributed by atoms with Crippen LogP contribution >= 0.6 is 7.82 Å². The summed E-state index contributed by atoms with van der Waals surface area (Å²) in [5.74, 6) is 0. The molecule has 0 fully saturated rings. The maximum Gasteiger partial charge on any atom is 0.466 e. The van der Waals surface area contributed by atoms with Crippen LogP contribution in [0.15, 0.2) is 0 Å². The van der Waals surface area contributed by atoms with E-state index in [1.807, 2.05) is 0 Å². The van der Waals surface area contributed by atoms with E-state index in [4.69, 9.17) is 24.4 Å². The van der Waals surface area contributed by atoms with Gasteiger partial charge in [0.1, 0.15) is 0 Å². The van der Waals surface area contributed by atoms with Gasteiger partial charge in [-0.2, -0.15) is 0 Å². The average molecular weight is 412 g/mol. The molecular weight excluding hydrogens is 365 g/mol. The maximum atomic E-state index is 9.15. The van der Waals surface area contributed by atoms with Crippen LogP contribution in [0.2, 0.25) is 0 Å². The van der Waals surface area contributed by atoms with E-state index in [2.05, 4.69) is 26.1 Å². The smallest absolute Gasteiger partial charge is 0.394 e. The molecule has 5 N–H and O–H groups in total. The van der Waals surface area contributed by atoms with E-state index in [1.165, 1.54) is 89.9 Å². The highest BCUT2D eigenvalue weighted by Crippen LogP contribution is 2.25. The number of rotatable bonds is 17. The van der Waals surface area contributed by atoms with Crippen LogP contribution in [-0.4, -0.2) is 38.5 Å². The monoisotopic (exact) mass is 411 g/mol. The third kappa shape index (κ3) is 34.0. The molecule has 6 nitrogen and oxygen atoms in total. The maximum absolute atomic E-state index is 9.15. The first-order valence-corrected chi connectivity index (χ1v) is 12.3. The molecule has 0 spiro atoms. The number of unbranched alkanes of at least 4 members (excludes halogenated alkanes) is 13. The molecule has 0 aliphatic heterocycles. The highest BCUT2D eigenvalue weighted by atomic mass is 31.2. The van der Waals surface area contributed by atoms with Gasteiger partial charge in [-0.05, 0) is 26.8 Å². The minimum absolute atomic E-state index is 0.115. The molecule has 0 aromatic carbocycles. The second-order valence-electron chi connectivity index (χ2n) is 8.08. The molecule has 0 aromatic rings. The van der Waals surface area contributed by atoms with Gasteiger partial charge in [-0.15, -0.1) is 0 Å². The van der Waals surface area contributed by atoms with Crippen LogP contribution in [0, 0.1) is 0 Å². The van der Waals surface area contributed by atoms with E-state index >= 15 is 0 Å². The summed E-state index contributed by atoms with van der Waals surface area (Å²) >= 11 is 0. The van der Waals surface area contributed by atoms with Gasteiger partial charge < -0.3 is 25.1 Å². The second-order valence-corrected chi connectivity index (χ2v) is 9.10. The van der Waals surface area contributed by atoms with Crippen LogP contribution in [-0.2, 0) is 4.57 Å².